The fraction of sp³-hybridized carbons (Fsp3) is 0.333. The second-order valence-electron chi connectivity index (χ2n) is 6.02. The summed E-state index contributed by atoms with van der Waals surface area (Å²) in [6.07, 6.45) is 0.854. The molecule has 0 spiro atoms. The van der Waals surface area contributed by atoms with Crippen LogP contribution in [0.3, 0.4) is 0 Å². The van der Waals surface area contributed by atoms with Crippen molar-refractivity contribution < 1.29 is 32.2 Å². The van der Waals surface area contributed by atoms with Gasteiger partial charge in [-0.25, -0.2) is 0 Å². The summed E-state index contributed by atoms with van der Waals surface area (Å²) in [4.78, 5) is 5.08. The van der Waals surface area contributed by atoms with Crippen LogP contribution < -0.4 is 4.74 Å². The maximum Gasteiger partial charge on any atom is 0.452 e. The molecule has 7 nitrogen and oxygen atoms in total. The average molecular weight is 439 g/mol. The number of alkyl halides is 3. The summed E-state index contributed by atoms with van der Waals surface area (Å²) in [5.41, 5.74) is 1.51. The van der Waals surface area contributed by atoms with Gasteiger partial charge in [0, 0.05) is 6.20 Å². The first-order valence-electron chi connectivity index (χ1n) is 9.49. The number of hydrogen-bond acceptors (Lipinski definition) is 6. The molecule has 0 aliphatic carbocycles. The molecule has 0 aliphatic rings. The van der Waals surface area contributed by atoms with E-state index in [1.54, 1.807) is 47.4 Å². The summed E-state index contributed by atoms with van der Waals surface area (Å²) < 4.78 is 55.2. The Kier molecular flexibility index (Phi) is 8.98. The van der Waals surface area contributed by atoms with Crippen LogP contribution in [0, 0.1) is 0 Å². The quantitative estimate of drug-likeness (QED) is 0.127. The van der Waals surface area contributed by atoms with Crippen LogP contribution in [0.25, 0.3) is 0 Å². The first-order valence-corrected chi connectivity index (χ1v) is 9.49. The van der Waals surface area contributed by atoms with Gasteiger partial charge in [-0.05, 0) is 36.7 Å². The first kappa shape index (κ1) is 23.8. The molecule has 10 heteroatoms. The lowest BCUT2D eigenvalue weighted by molar-refractivity contribution is -0.132. The van der Waals surface area contributed by atoms with Crippen molar-refractivity contribution >= 4 is 5.90 Å². The summed E-state index contributed by atoms with van der Waals surface area (Å²) in [6.45, 7) is 7.83. The van der Waals surface area contributed by atoms with Gasteiger partial charge in [0.25, 0.3) is 5.90 Å². The number of nitrogens with zero attached hydrogens (tertiary/aromatic N) is 3. The van der Waals surface area contributed by atoms with E-state index in [9.17, 15) is 13.2 Å². The summed E-state index contributed by atoms with van der Waals surface area (Å²) in [6, 6.07) is 6.57. The molecule has 1 aromatic heterocycles. The maximum atomic E-state index is 12.8. The third-order valence-corrected chi connectivity index (χ3v) is 3.65. The van der Waals surface area contributed by atoms with Gasteiger partial charge in [0.1, 0.15) is 18.6 Å². The average Bonchev–Trinajstić information content (AvgIpc) is 3.19. The Morgan fingerprint density at radius 3 is 2.48 bits per heavy atom. The normalized spacial score (nSPS) is 12.4. The molecule has 0 saturated heterocycles. The van der Waals surface area contributed by atoms with E-state index in [0.717, 1.165) is 5.56 Å². The van der Waals surface area contributed by atoms with Crippen molar-refractivity contribution in [2.45, 2.75) is 26.6 Å². The van der Waals surface area contributed by atoms with Crippen LogP contribution in [0.5, 0.6) is 5.75 Å². The van der Waals surface area contributed by atoms with Gasteiger partial charge < -0.3 is 19.0 Å². The number of benzene rings is 1. The zero-order valence-electron chi connectivity index (χ0n) is 17.3. The third-order valence-electron chi connectivity index (χ3n) is 3.65. The van der Waals surface area contributed by atoms with Crippen molar-refractivity contribution in [1.82, 2.24) is 9.78 Å². The molecule has 0 N–H and O–H groups in total. The monoisotopic (exact) mass is 439 g/mol. The summed E-state index contributed by atoms with van der Waals surface area (Å²) >= 11 is 0. The standard InChI is InChI=1S/C21H24F3N3O4/c1-4-11-31-26-20(29-6-3)17-12-25-27(14-17)13-16-7-9-18(10-8-16)30-15-19(28-5-2)21(22,23)24/h4,7-10,12,14-15H,1,5-6,11,13H2,2-3H3/b19-15-,26-20?. The topological polar surface area (TPSA) is 67.1 Å². The molecule has 31 heavy (non-hydrogen) atoms. The minimum Gasteiger partial charge on any atom is -0.487 e. The van der Waals surface area contributed by atoms with Gasteiger partial charge in [0.05, 0.1) is 31.5 Å². The van der Waals surface area contributed by atoms with Crippen molar-refractivity contribution in [2.75, 3.05) is 19.8 Å². The van der Waals surface area contributed by atoms with Crippen LogP contribution in [-0.4, -0.2) is 41.7 Å². The predicted molar refractivity (Wildman–Crippen MR) is 108 cm³/mol. The minimum absolute atomic E-state index is 0.115. The highest BCUT2D eigenvalue weighted by Gasteiger charge is 2.36. The Hall–Kier alpha value is -3.43. The number of oxime groups is 1. The van der Waals surface area contributed by atoms with Crippen molar-refractivity contribution in [2.24, 2.45) is 5.16 Å². The van der Waals surface area contributed by atoms with Crippen molar-refractivity contribution in [3.8, 4) is 5.75 Å². The molecular weight excluding hydrogens is 415 g/mol. The molecular formula is C21H24F3N3O4. The van der Waals surface area contributed by atoms with Crippen LogP contribution in [0.4, 0.5) is 13.2 Å². The zero-order chi connectivity index (χ0) is 22.7. The molecule has 0 fully saturated rings. The van der Waals surface area contributed by atoms with E-state index >= 15 is 0 Å². The highest BCUT2D eigenvalue weighted by atomic mass is 19.4. The lowest BCUT2D eigenvalue weighted by atomic mass is 10.2. The molecule has 2 rings (SSSR count). The first-order chi connectivity index (χ1) is 14.9. The zero-order valence-corrected chi connectivity index (χ0v) is 17.3. The van der Waals surface area contributed by atoms with Crippen LogP contribution in [-0.2, 0) is 20.9 Å². The molecule has 0 aliphatic heterocycles. The SMILES string of the molecule is C=CCON=C(OCC)c1cnn(Cc2ccc(O/C=C(\OCC)C(F)(F)F)cc2)c1. The van der Waals surface area contributed by atoms with Gasteiger partial charge in [-0.15, -0.1) is 0 Å². The van der Waals surface area contributed by atoms with Crippen LogP contribution in [0.2, 0.25) is 0 Å². The maximum absolute atomic E-state index is 12.8. The van der Waals surface area contributed by atoms with E-state index in [1.807, 2.05) is 6.92 Å². The molecule has 2 aromatic rings. The largest absolute Gasteiger partial charge is 0.487 e. The van der Waals surface area contributed by atoms with E-state index in [4.69, 9.17) is 14.3 Å². The summed E-state index contributed by atoms with van der Waals surface area (Å²) in [5.74, 6) is -0.635. The van der Waals surface area contributed by atoms with Crippen molar-refractivity contribution in [1.29, 1.82) is 0 Å². The number of hydrogen-bond donors (Lipinski definition) is 0. The van der Waals surface area contributed by atoms with Gasteiger partial charge in [0.2, 0.25) is 5.76 Å². The Labute approximate surface area is 178 Å². The number of rotatable bonds is 11. The third kappa shape index (κ3) is 7.72. The molecule has 0 unspecified atom stereocenters. The Morgan fingerprint density at radius 2 is 1.87 bits per heavy atom. The molecule has 1 heterocycles. The number of allylic oxidation sites excluding steroid dienone is 1. The highest BCUT2D eigenvalue weighted by molar-refractivity contribution is 5.93. The second kappa shape index (κ2) is 11.7. The molecule has 1 aromatic carbocycles. The number of ether oxygens (including phenoxy) is 3. The smallest absolute Gasteiger partial charge is 0.452 e. The summed E-state index contributed by atoms with van der Waals surface area (Å²) in [5, 5.41) is 8.20. The van der Waals surface area contributed by atoms with Gasteiger partial charge >= 0.3 is 6.18 Å². The van der Waals surface area contributed by atoms with Crippen molar-refractivity contribution in [3.63, 3.8) is 0 Å². The van der Waals surface area contributed by atoms with Gasteiger partial charge in [-0.2, -0.15) is 18.3 Å². The molecule has 168 valence electrons. The lowest BCUT2D eigenvalue weighted by Crippen LogP contribution is -2.15. The fourth-order valence-electron chi connectivity index (χ4n) is 2.33. The molecule has 0 radical (unpaired) electrons. The van der Waals surface area contributed by atoms with E-state index in [2.05, 4.69) is 21.6 Å². The van der Waals surface area contributed by atoms with Crippen LogP contribution in [0.15, 0.2) is 66.5 Å². The minimum atomic E-state index is -4.62. The second-order valence-corrected chi connectivity index (χ2v) is 6.02. The fourth-order valence-corrected chi connectivity index (χ4v) is 2.33. The Morgan fingerprint density at radius 1 is 1.16 bits per heavy atom. The van der Waals surface area contributed by atoms with E-state index in [1.165, 1.54) is 6.92 Å². The van der Waals surface area contributed by atoms with E-state index < -0.39 is 11.9 Å². The van der Waals surface area contributed by atoms with Gasteiger partial charge in [0.15, 0.2) is 0 Å². The molecule has 0 amide bonds. The molecule has 0 saturated carbocycles. The van der Waals surface area contributed by atoms with Gasteiger partial charge in [-0.3, -0.25) is 4.68 Å². The number of aromatic nitrogens is 2. The lowest BCUT2D eigenvalue weighted by Gasteiger charge is -2.12. The van der Waals surface area contributed by atoms with E-state index in [-0.39, 0.29) is 19.0 Å². The molecule has 0 bridgehead atoms. The van der Waals surface area contributed by atoms with Crippen LogP contribution >= 0.6 is 0 Å². The Bertz CT molecular complexity index is 890. The highest BCUT2D eigenvalue weighted by Crippen LogP contribution is 2.27. The summed E-state index contributed by atoms with van der Waals surface area (Å²) in [7, 11) is 0. The van der Waals surface area contributed by atoms with Crippen molar-refractivity contribution in [3.05, 3.63) is 72.5 Å². The molecule has 0 atom stereocenters. The van der Waals surface area contributed by atoms with E-state index in [0.29, 0.717) is 30.9 Å². The predicted octanol–water partition coefficient (Wildman–Crippen LogP) is 4.65. The Balaban J connectivity index is 2.03. The van der Waals surface area contributed by atoms with Gasteiger partial charge in [-0.1, -0.05) is 24.8 Å². The number of halogens is 3. The van der Waals surface area contributed by atoms with Crippen LogP contribution in [0.1, 0.15) is 25.0 Å².